The molecular weight excluding hydrogens is 264 g/mol. The number of rotatable bonds is 3. The summed E-state index contributed by atoms with van der Waals surface area (Å²) in [5.74, 6) is 0.521. The van der Waals surface area contributed by atoms with E-state index in [1.165, 1.54) is 5.56 Å². The number of carbonyl (C=O) groups is 1. The Labute approximate surface area is 124 Å². The summed E-state index contributed by atoms with van der Waals surface area (Å²) in [6.07, 6.45) is 5.34. The van der Waals surface area contributed by atoms with Crippen molar-refractivity contribution in [3.8, 4) is 0 Å². The highest BCUT2D eigenvalue weighted by Crippen LogP contribution is 2.15. The molecule has 2 aromatic rings. The van der Waals surface area contributed by atoms with Gasteiger partial charge in [-0.1, -0.05) is 12.1 Å². The molecule has 2 heterocycles. The van der Waals surface area contributed by atoms with Gasteiger partial charge in [0.25, 0.3) is 5.91 Å². The first kappa shape index (κ1) is 13.5. The fourth-order valence-electron chi connectivity index (χ4n) is 2.46. The molecule has 1 fully saturated rings. The molecule has 1 aliphatic heterocycles. The molecule has 5 nitrogen and oxygen atoms in total. The smallest absolute Gasteiger partial charge is 0.256 e. The molecule has 0 atom stereocenters. The third kappa shape index (κ3) is 3.18. The van der Waals surface area contributed by atoms with Crippen molar-refractivity contribution in [1.82, 2.24) is 14.9 Å². The maximum absolute atomic E-state index is 12.2. The van der Waals surface area contributed by atoms with Crippen LogP contribution in [0.4, 0.5) is 11.6 Å². The minimum absolute atomic E-state index is 0.0228. The minimum atomic E-state index is 0.0228. The molecule has 0 unspecified atom stereocenters. The number of likely N-dealkylation sites (tertiary alicyclic amines) is 1. The molecule has 1 saturated heterocycles. The number of nitrogens with zero attached hydrogens (tertiary/aromatic N) is 3. The average Bonchev–Trinajstić information content (AvgIpc) is 3.01. The normalized spacial score (nSPS) is 14.2. The molecule has 1 N–H and O–H groups in total. The van der Waals surface area contributed by atoms with E-state index in [1.807, 2.05) is 36.1 Å². The topological polar surface area (TPSA) is 58.1 Å². The summed E-state index contributed by atoms with van der Waals surface area (Å²) >= 11 is 0. The molecule has 0 bridgehead atoms. The van der Waals surface area contributed by atoms with Gasteiger partial charge in [-0.25, -0.2) is 9.97 Å². The Morgan fingerprint density at radius 1 is 1.19 bits per heavy atom. The van der Waals surface area contributed by atoms with Crippen molar-refractivity contribution >= 4 is 17.5 Å². The first-order valence-corrected chi connectivity index (χ1v) is 7.17. The Kier molecular flexibility index (Phi) is 3.81. The van der Waals surface area contributed by atoms with Crippen molar-refractivity contribution in [1.29, 1.82) is 0 Å². The van der Waals surface area contributed by atoms with Crippen molar-refractivity contribution < 1.29 is 4.79 Å². The first-order valence-electron chi connectivity index (χ1n) is 7.17. The first-order chi connectivity index (χ1) is 10.2. The van der Waals surface area contributed by atoms with E-state index >= 15 is 0 Å². The third-order valence-electron chi connectivity index (χ3n) is 3.57. The molecule has 1 amide bonds. The molecular formula is C16H18N4O. The lowest BCUT2D eigenvalue weighted by molar-refractivity contribution is 0.0792. The standard InChI is InChI=1S/C16H18N4O/c1-12-5-4-6-14(9-12)19-16-17-10-13(11-18-16)15(21)20-7-2-3-8-20/h4-6,9-11H,2-3,7-8H2,1H3,(H,17,18,19). The van der Waals surface area contributed by atoms with Crippen LogP contribution < -0.4 is 5.32 Å². The fraction of sp³-hybridized carbons (Fsp3) is 0.312. The molecule has 0 saturated carbocycles. The largest absolute Gasteiger partial charge is 0.339 e. The molecule has 5 heteroatoms. The number of aryl methyl sites for hydroxylation is 1. The van der Waals surface area contributed by atoms with Gasteiger partial charge in [-0.15, -0.1) is 0 Å². The number of amides is 1. The second-order valence-electron chi connectivity index (χ2n) is 5.29. The zero-order valence-corrected chi connectivity index (χ0v) is 12.0. The molecule has 1 aromatic heterocycles. The van der Waals surface area contributed by atoms with E-state index in [-0.39, 0.29) is 5.91 Å². The average molecular weight is 282 g/mol. The van der Waals surface area contributed by atoms with Crippen molar-refractivity contribution in [3.05, 3.63) is 47.8 Å². The summed E-state index contributed by atoms with van der Waals surface area (Å²) in [7, 11) is 0. The predicted molar refractivity (Wildman–Crippen MR) is 81.6 cm³/mol. The number of nitrogens with one attached hydrogen (secondary N) is 1. The van der Waals surface area contributed by atoms with Gasteiger partial charge in [-0.2, -0.15) is 0 Å². The maximum atomic E-state index is 12.2. The van der Waals surface area contributed by atoms with Crippen LogP contribution in [0.25, 0.3) is 0 Å². The number of carbonyl (C=O) groups excluding carboxylic acids is 1. The SMILES string of the molecule is Cc1cccc(Nc2ncc(C(=O)N3CCCC3)cn2)c1. The molecule has 0 aliphatic carbocycles. The van der Waals surface area contributed by atoms with E-state index in [4.69, 9.17) is 0 Å². The summed E-state index contributed by atoms with van der Waals surface area (Å²) < 4.78 is 0. The summed E-state index contributed by atoms with van der Waals surface area (Å²) in [5, 5.41) is 3.13. The summed E-state index contributed by atoms with van der Waals surface area (Å²) in [5.41, 5.74) is 2.65. The lowest BCUT2D eigenvalue weighted by Crippen LogP contribution is -2.27. The molecule has 1 aliphatic rings. The zero-order chi connectivity index (χ0) is 14.7. The van der Waals surface area contributed by atoms with E-state index in [1.54, 1.807) is 12.4 Å². The molecule has 3 rings (SSSR count). The van der Waals surface area contributed by atoms with E-state index in [0.717, 1.165) is 31.6 Å². The van der Waals surface area contributed by atoms with Gasteiger partial charge in [0.1, 0.15) is 0 Å². The van der Waals surface area contributed by atoms with Crippen LogP contribution in [-0.4, -0.2) is 33.9 Å². The molecule has 1 aromatic carbocycles. The van der Waals surface area contributed by atoms with Gasteiger partial charge >= 0.3 is 0 Å². The van der Waals surface area contributed by atoms with Crippen molar-refractivity contribution in [2.75, 3.05) is 18.4 Å². The van der Waals surface area contributed by atoms with Crippen LogP contribution in [0.3, 0.4) is 0 Å². The number of hydrogen-bond acceptors (Lipinski definition) is 4. The summed E-state index contributed by atoms with van der Waals surface area (Å²) in [4.78, 5) is 22.5. The van der Waals surface area contributed by atoms with Crippen LogP contribution in [0.2, 0.25) is 0 Å². The lowest BCUT2D eigenvalue weighted by Gasteiger charge is -2.14. The van der Waals surface area contributed by atoms with E-state index < -0.39 is 0 Å². The maximum Gasteiger partial charge on any atom is 0.256 e. The Hall–Kier alpha value is -2.43. The van der Waals surface area contributed by atoms with Crippen LogP contribution in [0.1, 0.15) is 28.8 Å². The van der Waals surface area contributed by atoms with E-state index in [0.29, 0.717) is 11.5 Å². The van der Waals surface area contributed by atoms with Crippen molar-refractivity contribution in [2.45, 2.75) is 19.8 Å². The van der Waals surface area contributed by atoms with Crippen LogP contribution in [0.15, 0.2) is 36.7 Å². The summed E-state index contributed by atoms with van der Waals surface area (Å²) in [6.45, 7) is 3.70. The van der Waals surface area contributed by atoms with Crippen LogP contribution in [0, 0.1) is 6.92 Å². The highest BCUT2D eigenvalue weighted by Gasteiger charge is 2.19. The van der Waals surface area contributed by atoms with Gasteiger partial charge in [-0.05, 0) is 37.5 Å². The van der Waals surface area contributed by atoms with Crippen molar-refractivity contribution in [2.24, 2.45) is 0 Å². The molecule has 0 radical (unpaired) electrons. The highest BCUT2D eigenvalue weighted by molar-refractivity contribution is 5.93. The van der Waals surface area contributed by atoms with Gasteiger partial charge < -0.3 is 10.2 Å². The minimum Gasteiger partial charge on any atom is -0.339 e. The lowest BCUT2D eigenvalue weighted by atomic mass is 10.2. The van der Waals surface area contributed by atoms with E-state index in [9.17, 15) is 4.79 Å². The predicted octanol–water partition coefficient (Wildman–Crippen LogP) is 2.76. The summed E-state index contributed by atoms with van der Waals surface area (Å²) in [6, 6.07) is 7.99. The molecule has 0 spiro atoms. The molecule has 108 valence electrons. The number of aromatic nitrogens is 2. The third-order valence-corrected chi connectivity index (χ3v) is 3.57. The van der Waals surface area contributed by atoms with Crippen LogP contribution >= 0.6 is 0 Å². The fourth-order valence-corrected chi connectivity index (χ4v) is 2.46. The Bertz CT molecular complexity index is 633. The molecule has 21 heavy (non-hydrogen) atoms. The number of benzene rings is 1. The van der Waals surface area contributed by atoms with E-state index in [2.05, 4.69) is 15.3 Å². The second-order valence-corrected chi connectivity index (χ2v) is 5.29. The van der Waals surface area contributed by atoms with Gasteiger partial charge in [0.2, 0.25) is 5.95 Å². The Morgan fingerprint density at radius 2 is 1.90 bits per heavy atom. The highest BCUT2D eigenvalue weighted by atomic mass is 16.2. The monoisotopic (exact) mass is 282 g/mol. The van der Waals surface area contributed by atoms with Crippen LogP contribution in [-0.2, 0) is 0 Å². The number of hydrogen-bond donors (Lipinski definition) is 1. The van der Waals surface area contributed by atoms with Gasteiger partial charge in [-0.3, -0.25) is 4.79 Å². The second kappa shape index (κ2) is 5.91. The van der Waals surface area contributed by atoms with Gasteiger partial charge in [0, 0.05) is 31.2 Å². The van der Waals surface area contributed by atoms with Crippen LogP contribution in [0.5, 0.6) is 0 Å². The Balaban J connectivity index is 1.70. The van der Waals surface area contributed by atoms with Gasteiger partial charge in [0.15, 0.2) is 0 Å². The van der Waals surface area contributed by atoms with Gasteiger partial charge in [0.05, 0.1) is 5.56 Å². The Morgan fingerprint density at radius 3 is 2.57 bits per heavy atom. The van der Waals surface area contributed by atoms with Crippen molar-refractivity contribution in [3.63, 3.8) is 0 Å². The zero-order valence-electron chi connectivity index (χ0n) is 12.0. The quantitative estimate of drug-likeness (QED) is 0.940. The number of anilines is 2.